The summed E-state index contributed by atoms with van der Waals surface area (Å²) in [6.07, 6.45) is 0. The molecule has 6 heteroatoms. The van der Waals surface area contributed by atoms with Gasteiger partial charge in [-0.05, 0) is 36.4 Å². The SMILES string of the molecule is COC(=O)C(Nc1cccc(F)c1)c1cc(F)ccc1F. The van der Waals surface area contributed by atoms with Crippen LogP contribution in [0.2, 0.25) is 0 Å². The monoisotopic (exact) mass is 295 g/mol. The summed E-state index contributed by atoms with van der Waals surface area (Å²) in [7, 11) is 1.12. The van der Waals surface area contributed by atoms with Gasteiger partial charge in [-0.3, -0.25) is 0 Å². The summed E-state index contributed by atoms with van der Waals surface area (Å²) in [6, 6.07) is 6.73. The Kier molecular flexibility index (Phi) is 4.47. The highest BCUT2D eigenvalue weighted by Crippen LogP contribution is 2.24. The van der Waals surface area contributed by atoms with E-state index in [1.54, 1.807) is 0 Å². The van der Waals surface area contributed by atoms with E-state index in [2.05, 4.69) is 10.1 Å². The fourth-order valence-corrected chi connectivity index (χ4v) is 1.86. The number of esters is 1. The number of methoxy groups -OCH3 is 1. The van der Waals surface area contributed by atoms with E-state index in [-0.39, 0.29) is 11.3 Å². The Labute approximate surface area is 119 Å². The molecule has 0 amide bonds. The van der Waals surface area contributed by atoms with E-state index in [9.17, 15) is 18.0 Å². The maximum atomic E-state index is 13.8. The minimum Gasteiger partial charge on any atom is -0.467 e. The number of carbonyl (C=O) groups is 1. The molecule has 0 aliphatic rings. The van der Waals surface area contributed by atoms with Crippen molar-refractivity contribution < 1.29 is 22.7 Å². The number of hydrogen-bond donors (Lipinski definition) is 1. The van der Waals surface area contributed by atoms with Crippen LogP contribution in [-0.4, -0.2) is 13.1 Å². The summed E-state index contributed by atoms with van der Waals surface area (Å²) in [5.74, 6) is -2.80. The lowest BCUT2D eigenvalue weighted by molar-refractivity contribution is -0.141. The number of carbonyl (C=O) groups excluding carboxylic acids is 1. The lowest BCUT2D eigenvalue weighted by atomic mass is 10.1. The average Bonchev–Trinajstić information content (AvgIpc) is 2.47. The first-order chi connectivity index (χ1) is 10.0. The molecule has 0 aliphatic carbocycles. The van der Waals surface area contributed by atoms with Crippen LogP contribution in [0.3, 0.4) is 0 Å². The number of ether oxygens (including phenoxy) is 1. The second-order valence-electron chi connectivity index (χ2n) is 4.28. The molecule has 0 heterocycles. The Balaban J connectivity index is 2.39. The van der Waals surface area contributed by atoms with Gasteiger partial charge in [-0.2, -0.15) is 0 Å². The maximum absolute atomic E-state index is 13.8. The van der Waals surface area contributed by atoms with Gasteiger partial charge in [-0.25, -0.2) is 18.0 Å². The maximum Gasteiger partial charge on any atom is 0.333 e. The van der Waals surface area contributed by atoms with Crippen LogP contribution in [0.5, 0.6) is 0 Å². The van der Waals surface area contributed by atoms with Crippen LogP contribution in [0.4, 0.5) is 18.9 Å². The zero-order valence-electron chi connectivity index (χ0n) is 11.1. The van der Waals surface area contributed by atoms with Gasteiger partial charge in [0.2, 0.25) is 0 Å². The van der Waals surface area contributed by atoms with Gasteiger partial charge in [0.25, 0.3) is 0 Å². The molecule has 0 bridgehead atoms. The van der Waals surface area contributed by atoms with Crippen LogP contribution in [0.1, 0.15) is 11.6 Å². The predicted octanol–water partition coefficient (Wildman–Crippen LogP) is 3.43. The lowest BCUT2D eigenvalue weighted by Gasteiger charge is -2.18. The highest BCUT2D eigenvalue weighted by molar-refractivity contribution is 5.81. The Hall–Kier alpha value is -2.50. The molecule has 21 heavy (non-hydrogen) atoms. The highest BCUT2D eigenvalue weighted by Gasteiger charge is 2.25. The number of halogens is 3. The number of anilines is 1. The quantitative estimate of drug-likeness (QED) is 0.878. The number of hydrogen-bond acceptors (Lipinski definition) is 3. The molecule has 2 aromatic rings. The Bertz CT molecular complexity index is 661. The molecule has 0 aliphatic heterocycles. The van der Waals surface area contributed by atoms with Crippen molar-refractivity contribution in [1.29, 1.82) is 0 Å². The molecule has 0 aromatic heterocycles. The molecule has 1 N–H and O–H groups in total. The van der Waals surface area contributed by atoms with Gasteiger partial charge < -0.3 is 10.1 Å². The minimum absolute atomic E-state index is 0.217. The molecule has 0 saturated heterocycles. The van der Waals surface area contributed by atoms with Crippen molar-refractivity contribution in [2.24, 2.45) is 0 Å². The number of benzene rings is 2. The van der Waals surface area contributed by atoms with Crippen molar-refractivity contribution in [3.05, 3.63) is 65.5 Å². The standard InChI is InChI=1S/C15H12F3NO2/c1-21-15(20)14(12-8-10(17)5-6-13(12)18)19-11-4-2-3-9(16)7-11/h2-8,14,19H,1H3. The summed E-state index contributed by atoms with van der Waals surface area (Å²) < 4.78 is 44.8. The van der Waals surface area contributed by atoms with Gasteiger partial charge >= 0.3 is 5.97 Å². The third-order valence-corrected chi connectivity index (χ3v) is 2.84. The van der Waals surface area contributed by atoms with Gasteiger partial charge in [-0.1, -0.05) is 6.07 Å². The first kappa shape index (κ1) is 14.9. The van der Waals surface area contributed by atoms with Crippen molar-refractivity contribution in [2.75, 3.05) is 12.4 Å². The van der Waals surface area contributed by atoms with Gasteiger partial charge in [0.1, 0.15) is 17.5 Å². The van der Waals surface area contributed by atoms with E-state index in [0.29, 0.717) is 0 Å². The van der Waals surface area contributed by atoms with Gasteiger partial charge in [0.15, 0.2) is 6.04 Å². The molecule has 2 rings (SSSR count). The topological polar surface area (TPSA) is 38.3 Å². The third-order valence-electron chi connectivity index (χ3n) is 2.84. The highest BCUT2D eigenvalue weighted by atomic mass is 19.1. The fourth-order valence-electron chi connectivity index (χ4n) is 1.86. The van der Waals surface area contributed by atoms with Crippen molar-refractivity contribution in [2.45, 2.75) is 6.04 Å². The first-order valence-electron chi connectivity index (χ1n) is 6.06. The molecular weight excluding hydrogens is 283 g/mol. The van der Waals surface area contributed by atoms with Gasteiger partial charge in [0.05, 0.1) is 7.11 Å². The molecular formula is C15H12F3NO2. The third kappa shape index (κ3) is 3.53. The van der Waals surface area contributed by atoms with E-state index >= 15 is 0 Å². The molecule has 3 nitrogen and oxygen atoms in total. The normalized spacial score (nSPS) is 11.8. The zero-order valence-corrected chi connectivity index (χ0v) is 11.1. The smallest absolute Gasteiger partial charge is 0.333 e. The second kappa shape index (κ2) is 6.30. The fraction of sp³-hybridized carbons (Fsp3) is 0.133. The number of rotatable bonds is 4. The van der Waals surface area contributed by atoms with Gasteiger partial charge in [0, 0.05) is 11.3 Å². The molecule has 0 saturated carbocycles. The number of nitrogens with one attached hydrogen (secondary N) is 1. The average molecular weight is 295 g/mol. The Morgan fingerprint density at radius 2 is 1.81 bits per heavy atom. The van der Waals surface area contributed by atoms with Crippen LogP contribution in [-0.2, 0) is 9.53 Å². The van der Waals surface area contributed by atoms with E-state index in [1.165, 1.54) is 18.2 Å². The largest absolute Gasteiger partial charge is 0.467 e. The first-order valence-corrected chi connectivity index (χ1v) is 6.06. The Morgan fingerprint density at radius 1 is 1.10 bits per heavy atom. The van der Waals surface area contributed by atoms with Gasteiger partial charge in [-0.15, -0.1) is 0 Å². The molecule has 0 radical (unpaired) electrons. The molecule has 0 fully saturated rings. The zero-order chi connectivity index (χ0) is 15.4. The van der Waals surface area contributed by atoms with Crippen LogP contribution >= 0.6 is 0 Å². The Morgan fingerprint density at radius 3 is 2.48 bits per heavy atom. The van der Waals surface area contributed by atoms with Crippen LogP contribution < -0.4 is 5.32 Å². The molecule has 2 aromatic carbocycles. The van der Waals surface area contributed by atoms with Crippen LogP contribution in [0.15, 0.2) is 42.5 Å². The molecule has 110 valence electrons. The second-order valence-corrected chi connectivity index (χ2v) is 4.28. The summed E-state index contributed by atoms with van der Waals surface area (Å²) in [6.45, 7) is 0. The summed E-state index contributed by atoms with van der Waals surface area (Å²) in [5.41, 5.74) is 0.0279. The molecule has 1 unspecified atom stereocenters. The molecule has 1 atom stereocenters. The van der Waals surface area contributed by atoms with Crippen LogP contribution in [0.25, 0.3) is 0 Å². The van der Waals surface area contributed by atoms with E-state index in [0.717, 1.165) is 31.4 Å². The summed E-state index contributed by atoms with van der Waals surface area (Å²) in [5, 5.41) is 2.63. The molecule has 0 spiro atoms. The van der Waals surface area contributed by atoms with E-state index in [1.807, 2.05) is 0 Å². The summed E-state index contributed by atoms with van der Waals surface area (Å²) >= 11 is 0. The van der Waals surface area contributed by atoms with Crippen LogP contribution in [0, 0.1) is 17.5 Å². The van der Waals surface area contributed by atoms with Crippen molar-refractivity contribution >= 4 is 11.7 Å². The van der Waals surface area contributed by atoms with E-state index < -0.39 is 29.5 Å². The van der Waals surface area contributed by atoms with E-state index in [4.69, 9.17) is 0 Å². The summed E-state index contributed by atoms with van der Waals surface area (Å²) in [4.78, 5) is 11.8. The van der Waals surface area contributed by atoms with Crippen molar-refractivity contribution in [3.8, 4) is 0 Å². The van der Waals surface area contributed by atoms with Crippen molar-refractivity contribution in [1.82, 2.24) is 0 Å². The minimum atomic E-state index is -1.28. The van der Waals surface area contributed by atoms with Crippen molar-refractivity contribution in [3.63, 3.8) is 0 Å². The predicted molar refractivity (Wildman–Crippen MR) is 71.1 cm³/mol. The lowest BCUT2D eigenvalue weighted by Crippen LogP contribution is -2.23.